The van der Waals surface area contributed by atoms with Gasteiger partial charge in [-0.3, -0.25) is 0 Å². The Hall–Kier alpha value is -1.94. The van der Waals surface area contributed by atoms with Crippen LogP contribution in [0.1, 0.15) is 16.8 Å². The van der Waals surface area contributed by atoms with Gasteiger partial charge in [0.25, 0.3) is 0 Å². The Morgan fingerprint density at radius 1 is 1.16 bits per heavy atom. The lowest BCUT2D eigenvalue weighted by molar-refractivity contribution is 0.607. The van der Waals surface area contributed by atoms with E-state index in [0.29, 0.717) is 18.7 Å². The number of rotatable bonds is 4. The molecular weight excluding hydrogens is 241 g/mol. The van der Waals surface area contributed by atoms with Crippen molar-refractivity contribution in [1.29, 1.82) is 0 Å². The number of nitrogens with two attached hydrogens (primary N) is 1. The molecule has 0 aliphatic carbocycles. The highest BCUT2D eigenvalue weighted by molar-refractivity contribution is 5.47. The lowest BCUT2D eigenvalue weighted by atomic mass is 10.1. The van der Waals surface area contributed by atoms with E-state index in [0.717, 1.165) is 17.1 Å². The summed E-state index contributed by atoms with van der Waals surface area (Å²) >= 11 is 0. The van der Waals surface area contributed by atoms with Gasteiger partial charge in [-0.15, -0.1) is 0 Å². The van der Waals surface area contributed by atoms with E-state index in [1.54, 1.807) is 12.1 Å². The van der Waals surface area contributed by atoms with Crippen molar-refractivity contribution in [3.63, 3.8) is 0 Å². The summed E-state index contributed by atoms with van der Waals surface area (Å²) < 4.78 is 13.7. The van der Waals surface area contributed by atoms with Gasteiger partial charge in [0, 0.05) is 37.0 Å². The third kappa shape index (κ3) is 3.09. The topological polar surface area (TPSA) is 42.1 Å². The SMILES string of the molecule is Cc1ccc(CN)c(N(C)Cc2ccccc2F)n1. The molecule has 0 atom stereocenters. The molecule has 0 radical (unpaired) electrons. The van der Waals surface area contributed by atoms with Crippen molar-refractivity contribution < 1.29 is 4.39 Å². The molecule has 0 aliphatic heterocycles. The fraction of sp³-hybridized carbons (Fsp3) is 0.267. The number of aromatic nitrogens is 1. The van der Waals surface area contributed by atoms with Crippen LogP contribution in [0.15, 0.2) is 36.4 Å². The molecule has 2 rings (SSSR count). The minimum Gasteiger partial charge on any atom is -0.355 e. The zero-order valence-corrected chi connectivity index (χ0v) is 11.2. The number of halogens is 1. The summed E-state index contributed by atoms with van der Waals surface area (Å²) in [6.07, 6.45) is 0. The van der Waals surface area contributed by atoms with Crippen LogP contribution in [-0.4, -0.2) is 12.0 Å². The number of anilines is 1. The Balaban J connectivity index is 2.27. The predicted octanol–water partition coefficient (Wildman–Crippen LogP) is 2.62. The number of hydrogen-bond acceptors (Lipinski definition) is 3. The van der Waals surface area contributed by atoms with E-state index >= 15 is 0 Å². The van der Waals surface area contributed by atoms with E-state index in [-0.39, 0.29) is 5.82 Å². The molecule has 0 spiro atoms. The summed E-state index contributed by atoms with van der Waals surface area (Å²) in [5.41, 5.74) is 8.26. The van der Waals surface area contributed by atoms with Crippen LogP contribution >= 0.6 is 0 Å². The molecule has 0 unspecified atom stereocenters. The van der Waals surface area contributed by atoms with Gasteiger partial charge in [0.2, 0.25) is 0 Å². The van der Waals surface area contributed by atoms with Crippen molar-refractivity contribution in [2.75, 3.05) is 11.9 Å². The number of nitrogens with zero attached hydrogens (tertiary/aromatic N) is 2. The average Bonchev–Trinajstić information content (AvgIpc) is 2.41. The van der Waals surface area contributed by atoms with Gasteiger partial charge in [0.05, 0.1) is 0 Å². The molecule has 100 valence electrons. The van der Waals surface area contributed by atoms with Crippen molar-refractivity contribution in [2.24, 2.45) is 5.73 Å². The Kier molecular flexibility index (Phi) is 4.12. The second kappa shape index (κ2) is 5.80. The molecule has 4 heteroatoms. The summed E-state index contributed by atoms with van der Waals surface area (Å²) in [5, 5.41) is 0. The predicted molar refractivity (Wildman–Crippen MR) is 75.4 cm³/mol. The van der Waals surface area contributed by atoms with Crippen LogP contribution < -0.4 is 10.6 Å². The van der Waals surface area contributed by atoms with Crippen molar-refractivity contribution >= 4 is 5.82 Å². The largest absolute Gasteiger partial charge is 0.355 e. The zero-order valence-electron chi connectivity index (χ0n) is 11.2. The molecule has 0 bridgehead atoms. The highest BCUT2D eigenvalue weighted by Gasteiger charge is 2.11. The third-order valence-electron chi connectivity index (χ3n) is 3.04. The number of hydrogen-bond donors (Lipinski definition) is 1. The molecule has 0 amide bonds. The van der Waals surface area contributed by atoms with Crippen LogP contribution in [0.4, 0.5) is 10.2 Å². The fourth-order valence-corrected chi connectivity index (χ4v) is 2.02. The van der Waals surface area contributed by atoms with Crippen LogP contribution in [0, 0.1) is 12.7 Å². The van der Waals surface area contributed by atoms with E-state index in [1.165, 1.54) is 6.07 Å². The summed E-state index contributed by atoms with van der Waals surface area (Å²) in [6.45, 7) is 2.82. The van der Waals surface area contributed by atoms with Gasteiger partial charge < -0.3 is 10.6 Å². The monoisotopic (exact) mass is 259 g/mol. The van der Waals surface area contributed by atoms with Crippen LogP contribution in [0.25, 0.3) is 0 Å². The van der Waals surface area contributed by atoms with Crippen molar-refractivity contribution in [3.8, 4) is 0 Å². The number of pyridine rings is 1. The van der Waals surface area contributed by atoms with E-state index in [9.17, 15) is 4.39 Å². The first-order chi connectivity index (χ1) is 9.11. The first-order valence-electron chi connectivity index (χ1n) is 6.23. The maximum absolute atomic E-state index is 13.7. The van der Waals surface area contributed by atoms with Gasteiger partial charge >= 0.3 is 0 Å². The second-order valence-electron chi connectivity index (χ2n) is 4.59. The van der Waals surface area contributed by atoms with Gasteiger partial charge in [-0.25, -0.2) is 9.37 Å². The summed E-state index contributed by atoms with van der Waals surface area (Å²) in [5.74, 6) is 0.613. The molecule has 1 aromatic heterocycles. The highest BCUT2D eigenvalue weighted by atomic mass is 19.1. The quantitative estimate of drug-likeness (QED) is 0.917. The normalized spacial score (nSPS) is 10.5. The van der Waals surface area contributed by atoms with E-state index in [2.05, 4.69) is 4.98 Å². The second-order valence-corrected chi connectivity index (χ2v) is 4.59. The average molecular weight is 259 g/mol. The first kappa shape index (κ1) is 13.5. The molecule has 0 fully saturated rings. The molecular formula is C15H18FN3. The summed E-state index contributed by atoms with van der Waals surface area (Å²) in [6, 6.07) is 10.7. The standard InChI is InChI=1S/C15H18FN3/c1-11-7-8-12(9-17)15(18-11)19(2)10-13-5-3-4-6-14(13)16/h3-8H,9-10,17H2,1-2H3. The van der Waals surface area contributed by atoms with Crippen LogP contribution in [0.2, 0.25) is 0 Å². The summed E-state index contributed by atoms with van der Waals surface area (Å²) in [4.78, 5) is 6.42. The Morgan fingerprint density at radius 3 is 2.58 bits per heavy atom. The molecule has 2 N–H and O–H groups in total. The highest BCUT2D eigenvalue weighted by Crippen LogP contribution is 2.19. The lowest BCUT2D eigenvalue weighted by Crippen LogP contribution is -2.21. The lowest BCUT2D eigenvalue weighted by Gasteiger charge is -2.21. The summed E-state index contributed by atoms with van der Waals surface area (Å²) in [7, 11) is 1.90. The van der Waals surface area contributed by atoms with Crippen molar-refractivity contribution in [2.45, 2.75) is 20.0 Å². The first-order valence-corrected chi connectivity index (χ1v) is 6.23. The molecule has 3 nitrogen and oxygen atoms in total. The maximum atomic E-state index is 13.7. The molecule has 1 aromatic carbocycles. The van der Waals surface area contributed by atoms with Gasteiger partial charge in [-0.05, 0) is 19.1 Å². The number of aryl methyl sites for hydroxylation is 1. The minimum atomic E-state index is -0.198. The molecule has 0 saturated heterocycles. The third-order valence-corrected chi connectivity index (χ3v) is 3.04. The van der Waals surface area contributed by atoms with Crippen LogP contribution in [0.5, 0.6) is 0 Å². The zero-order chi connectivity index (χ0) is 13.8. The Bertz CT molecular complexity index is 569. The van der Waals surface area contributed by atoms with Gasteiger partial charge in [0.15, 0.2) is 0 Å². The Labute approximate surface area is 112 Å². The van der Waals surface area contributed by atoms with E-state index < -0.39 is 0 Å². The van der Waals surface area contributed by atoms with E-state index in [1.807, 2.05) is 37.1 Å². The smallest absolute Gasteiger partial charge is 0.133 e. The van der Waals surface area contributed by atoms with Crippen molar-refractivity contribution in [3.05, 3.63) is 59.0 Å². The molecule has 0 aliphatic rings. The molecule has 2 aromatic rings. The maximum Gasteiger partial charge on any atom is 0.133 e. The van der Waals surface area contributed by atoms with Crippen LogP contribution in [0.3, 0.4) is 0 Å². The fourth-order valence-electron chi connectivity index (χ4n) is 2.02. The van der Waals surface area contributed by atoms with Gasteiger partial charge in [-0.2, -0.15) is 0 Å². The van der Waals surface area contributed by atoms with Crippen molar-refractivity contribution in [1.82, 2.24) is 4.98 Å². The molecule has 0 saturated carbocycles. The molecule has 1 heterocycles. The van der Waals surface area contributed by atoms with Gasteiger partial charge in [-0.1, -0.05) is 24.3 Å². The minimum absolute atomic E-state index is 0.198. The Morgan fingerprint density at radius 2 is 1.89 bits per heavy atom. The van der Waals surface area contributed by atoms with Crippen LogP contribution in [-0.2, 0) is 13.1 Å². The van der Waals surface area contributed by atoms with Gasteiger partial charge in [0.1, 0.15) is 11.6 Å². The van der Waals surface area contributed by atoms with E-state index in [4.69, 9.17) is 5.73 Å². The molecule has 19 heavy (non-hydrogen) atoms. The number of benzene rings is 1.